The second-order valence-electron chi connectivity index (χ2n) is 7.63. The number of rotatable bonds is 4. The summed E-state index contributed by atoms with van der Waals surface area (Å²) in [6, 6.07) is 11.8. The van der Waals surface area contributed by atoms with E-state index in [-0.39, 0.29) is 23.7 Å². The van der Waals surface area contributed by atoms with Gasteiger partial charge in [-0.15, -0.1) is 0 Å². The molecular formula is C23H22F3N3O. The van der Waals surface area contributed by atoms with Gasteiger partial charge in [-0.25, -0.2) is 4.68 Å². The molecule has 4 nitrogen and oxygen atoms in total. The van der Waals surface area contributed by atoms with Gasteiger partial charge in [-0.3, -0.25) is 9.78 Å². The van der Waals surface area contributed by atoms with Crippen LogP contribution >= 0.6 is 0 Å². The summed E-state index contributed by atoms with van der Waals surface area (Å²) in [6.45, 7) is -0.316. The van der Waals surface area contributed by atoms with E-state index >= 15 is 0 Å². The summed E-state index contributed by atoms with van der Waals surface area (Å²) >= 11 is 0. The van der Waals surface area contributed by atoms with Crippen molar-refractivity contribution in [1.82, 2.24) is 14.8 Å². The second kappa shape index (κ2) is 8.42. The van der Waals surface area contributed by atoms with Crippen molar-refractivity contribution in [3.63, 3.8) is 0 Å². The quantitative estimate of drug-likeness (QED) is 0.574. The molecule has 0 unspecified atom stereocenters. The highest BCUT2D eigenvalue weighted by molar-refractivity contribution is 5.66. The zero-order valence-electron chi connectivity index (χ0n) is 16.4. The van der Waals surface area contributed by atoms with Crippen LogP contribution in [-0.4, -0.2) is 14.8 Å². The molecule has 0 amide bonds. The van der Waals surface area contributed by atoms with E-state index in [1.165, 1.54) is 12.3 Å². The van der Waals surface area contributed by atoms with Crippen LogP contribution in [0.3, 0.4) is 0 Å². The summed E-state index contributed by atoms with van der Waals surface area (Å²) in [6.07, 6.45) is 3.39. The van der Waals surface area contributed by atoms with Crippen LogP contribution < -0.4 is 5.56 Å². The van der Waals surface area contributed by atoms with Crippen LogP contribution in [-0.2, 0) is 12.7 Å². The summed E-state index contributed by atoms with van der Waals surface area (Å²) in [5.41, 5.74) is 0.929. The molecule has 0 saturated heterocycles. The third-order valence-electron chi connectivity index (χ3n) is 5.67. The molecule has 4 rings (SSSR count). The molecule has 0 bridgehead atoms. The first kappa shape index (κ1) is 20.3. The Balaban J connectivity index is 1.81. The SMILES string of the molecule is O=c1c(C2CCCCC2)c(-c2ccccc2)cnn1Cc1ncccc1C(F)(F)F. The van der Waals surface area contributed by atoms with Crippen LogP contribution in [0.4, 0.5) is 13.2 Å². The Kier molecular flexibility index (Phi) is 5.70. The fourth-order valence-electron chi connectivity index (χ4n) is 4.21. The highest BCUT2D eigenvalue weighted by atomic mass is 19.4. The van der Waals surface area contributed by atoms with Gasteiger partial charge in [0.15, 0.2) is 0 Å². The van der Waals surface area contributed by atoms with E-state index in [1.54, 1.807) is 6.20 Å². The lowest BCUT2D eigenvalue weighted by molar-refractivity contribution is -0.138. The van der Waals surface area contributed by atoms with E-state index in [1.807, 2.05) is 30.3 Å². The Morgan fingerprint density at radius 3 is 2.43 bits per heavy atom. The van der Waals surface area contributed by atoms with Crippen LogP contribution in [0, 0.1) is 0 Å². The third-order valence-corrected chi connectivity index (χ3v) is 5.67. The van der Waals surface area contributed by atoms with Gasteiger partial charge in [0.2, 0.25) is 0 Å². The maximum atomic E-state index is 13.4. The third kappa shape index (κ3) is 4.15. The van der Waals surface area contributed by atoms with Gasteiger partial charge >= 0.3 is 6.18 Å². The number of benzene rings is 1. The molecule has 0 radical (unpaired) electrons. The van der Waals surface area contributed by atoms with E-state index in [0.29, 0.717) is 5.56 Å². The molecule has 0 spiro atoms. The van der Waals surface area contributed by atoms with Crippen molar-refractivity contribution in [3.8, 4) is 11.1 Å². The summed E-state index contributed by atoms with van der Waals surface area (Å²) in [5.74, 6) is 0.0847. The topological polar surface area (TPSA) is 47.8 Å². The lowest BCUT2D eigenvalue weighted by Gasteiger charge is -2.24. The van der Waals surface area contributed by atoms with E-state index in [4.69, 9.17) is 0 Å². The zero-order valence-corrected chi connectivity index (χ0v) is 16.4. The van der Waals surface area contributed by atoms with Crippen molar-refractivity contribution in [1.29, 1.82) is 0 Å². The average molecular weight is 413 g/mol. The molecule has 1 saturated carbocycles. The second-order valence-corrected chi connectivity index (χ2v) is 7.63. The molecular weight excluding hydrogens is 391 g/mol. The number of hydrogen-bond donors (Lipinski definition) is 0. The van der Waals surface area contributed by atoms with Gasteiger partial charge in [0.05, 0.1) is 24.0 Å². The molecule has 1 aromatic carbocycles. The zero-order chi connectivity index (χ0) is 21.1. The number of pyridine rings is 1. The number of hydrogen-bond acceptors (Lipinski definition) is 3. The first-order valence-electron chi connectivity index (χ1n) is 10.1. The lowest BCUT2D eigenvalue weighted by Crippen LogP contribution is -2.30. The Morgan fingerprint density at radius 1 is 1.00 bits per heavy atom. The minimum atomic E-state index is -4.54. The molecule has 2 heterocycles. The number of nitrogens with zero attached hydrogens (tertiary/aromatic N) is 3. The van der Waals surface area contributed by atoms with Crippen LogP contribution in [0.25, 0.3) is 11.1 Å². The normalized spacial score (nSPS) is 15.3. The van der Waals surface area contributed by atoms with E-state index in [9.17, 15) is 18.0 Å². The Bertz CT molecular complexity index is 1070. The van der Waals surface area contributed by atoms with Gasteiger partial charge in [0.25, 0.3) is 5.56 Å². The molecule has 1 aliphatic rings. The van der Waals surface area contributed by atoms with Crippen LogP contribution in [0.1, 0.15) is 54.8 Å². The molecule has 3 aromatic rings. The summed E-state index contributed by atoms with van der Waals surface area (Å²) in [4.78, 5) is 17.3. The van der Waals surface area contributed by atoms with Crippen molar-refractivity contribution in [2.45, 2.75) is 50.7 Å². The molecule has 30 heavy (non-hydrogen) atoms. The minimum Gasteiger partial charge on any atom is -0.267 e. The van der Waals surface area contributed by atoms with Crippen molar-refractivity contribution < 1.29 is 13.2 Å². The van der Waals surface area contributed by atoms with Gasteiger partial charge < -0.3 is 0 Å². The Labute approximate surface area is 172 Å². The fraction of sp³-hybridized carbons (Fsp3) is 0.348. The summed E-state index contributed by atoms with van der Waals surface area (Å²) in [7, 11) is 0. The van der Waals surface area contributed by atoms with Gasteiger partial charge in [0, 0.05) is 17.3 Å². The van der Waals surface area contributed by atoms with Crippen LogP contribution in [0.5, 0.6) is 0 Å². The monoisotopic (exact) mass is 413 g/mol. The Hall–Kier alpha value is -2.96. The number of halogens is 3. The predicted molar refractivity (Wildman–Crippen MR) is 108 cm³/mol. The Morgan fingerprint density at radius 2 is 1.73 bits per heavy atom. The fourth-order valence-corrected chi connectivity index (χ4v) is 4.21. The summed E-state index contributed by atoms with van der Waals surface area (Å²) in [5, 5.41) is 4.23. The minimum absolute atomic E-state index is 0.0847. The highest BCUT2D eigenvalue weighted by Crippen LogP contribution is 2.36. The standard InChI is InChI=1S/C23H22F3N3O/c24-23(25,26)19-12-7-13-27-20(19)15-29-22(30)21(17-10-5-2-6-11-17)18(14-28-29)16-8-3-1-4-9-16/h1,3-4,7-9,12-14,17H,2,5-6,10-11,15H2. The molecule has 0 aliphatic heterocycles. The first-order valence-corrected chi connectivity index (χ1v) is 10.1. The van der Waals surface area contributed by atoms with Crippen molar-refractivity contribution in [2.75, 3.05) is 0 Å². The number of aromatic nitrogens is 3. The van der Waals surface area contributed by atoms with Crippen molar-refractivity contribution in [2.24, 2.45) is 0 Å². The van der Waals surface area contributed by atoms with Gasteiger partial charge in [-0.2, -0.15) is 18.3 Å². The van der Waals surface area contributed by atoms with E-state index in [0.717, 1.165) is 54.0 Å². The molecule has 2 aromatic heterocycles. The molecule has 7 heteroatoms. The maximum absolute atomic E-state index is 13.4. The van der Waals surface area contributed by atoms with Crippen molar-refractivity contribution >= 4 is 0 Å². The molecule has 0 atom stereocenters. The van der Waals surface area contributed by atoms with Gasteiger partial charge in [0.1, 0.15) is 0 Å². The van der Waals surface area contributed by atoms with E-state index < -0.39 is 11.7 Å². The lowest BCUT2D eigenvalue weighted by atomic mass is 9.82. The highest BCUT2D eigenvalue weighted by Gasteiger charge is 2.34. The van der Waals surface area contributed by atoms with Crippen LogP contribution in [0.15, 0.2) is 59.7 Å². The largest absolute Gasteiger partial charge is 0.418 e. The molecule has 156 valence electrons. The van der Waals surface area contributed by atoms with Crippen LogP contribution in [0.2, 0.25) is 0 Å². The van der Waals surface area contributed by atoms with Gasteiger partial charge in [-0.05, 0) is 36.5 Å². The van der Waals surface area contributed by atoms with Gasteiger partial charge in [-0.1, -0.05) is 49.6 Å². The molecule has 1 aliphatic carbocycles. The maximum Gasteiger partial charge on any atom is 0.418 e. The first-order chi connectivity index (χ1) is 14.4. The van der Waals surface area contributed by atoms with E-state index in [2.05, 4.69) is 10.1 Å². The molecule has 1 fully saturated rings. The van der Waals surface area contributed by atoms with Crippen molar-refractivity contribution in [3.05, 3.63) is 82.0 Å². The smallest absolute Gasteiger partial charge is 0.267 e. The predicted octanol–water partition coefficient (Wildman–Crippen LogP) is 5.42. The summed E-state index contributed by atoms with van der Waals surface area (Å²) < 4.78 is 41.2. The number of alkyl halides is 3. The average Bonchev–Trinajstić information content (AvgIpc) is 2.76. The molecule has 0 N–H and O–H groups in total.